The maximum atomic E-state index is 9.50. The summed E-state index contributed by atoms with van der Waals surface area (Å²) in [6.45, 7) is 0.480. The molecule has 13 heavy (non-hydrogen) atoms. The summed E-state index contributed by atoms with van der Waals surface area (Å²) in [6, 6.07) is 7.65. The van der Waals surface area contributed by atoms with Gasteiger partial charge in [-0.25, -0.2) is 0 Å². The van der Waals surface area contributed by atoms with Gasteiger partial charge >= 0.3 is 0 Å². The molecule has 0 saturated heterocycles. The minimum atomic E-state index is -0.795. The van der Waals surface area contributed by atoms with Gasteiger partial charge < -0.3 is 14.6 Å². The Bertz CT molecular complexity index is 298. The van der Waals surface area contributed by atoms with E-state index in [1.165, 1.54) is 0 Å². The van der Waals surface area contributed by atoms with Crippen LogP contribution < -0.4 is 0 Å². The summed E-state index contributed by atoms with van der Waals surface area (Å²) in [5, 5.41) is 9.50. The summed E-state index contributed by atoms with van der Waals surface area (Å²) in [5.41, 5.74) is 1.88. The molecule has 1 heterocycles. The van der Waals surface area contributed by atoms with Crippen LogP contribution in [0.15, 0.2) is 24.3 Å². The van der Waals surface area contributed by atoms with E-state index in [2.05, 4.69) is 0 Å². The third-order valence-electron chi connectivity index (χ3n) is 2.22. The summed E-state index contributed by atoms with van der Waals surface area (Å²) < 4.78 is 10.3. The highest BCUT2D eigenvalue weighted by Crippen LogP contribution is 2.36. The number of fused-ring (bicyclic) bond motifs is 1. The van der Waals surface area contributed by atoms with Crippen molar-refractivity contribution < 1.29 is 14.6 Å². The van der Waals surface area contributed by atoms with Crippen molar-refractivity contribution >= 4 is 0 Å². The first-order chi connectivity index (χ1) is 6.33. The second-order valence-corrected chi connectivity index (χ2v) is 3.06. The SMILES string of the molecule is COC[C@H]1O[C@H](O)c2ccccc21. The molecule has 0 saturated carbocycles. The number of methoxy groups -OCH3 is 1. The Morgan fingerprint density at radius 3 is 2.77 bits per heavy atom. The van der Waals surface area contributed by atoms with Gasteiger partial charge in [0.15, 0.2) is 6.29 Å². The number of hydrogen-bond donors (Lipinski definition) is 1. The number of ether oxygens (including phenoxy) is 2. The van der Waals surface area contributed by atoms with Crippen LogP contribution in [0.1, 0.15) is 23.5 Å². The fourth-order valence-corrected chi connectivity index (χ4v) is 1.61. The van der Waals surface area contributed by atoms with Crippen LogP contribution in [0.4, 0.5) is 0 Å². The molecule has 3 heteroatoms. The zero-order valence-corrected chi connectivity index (χ0v) is 7.43. The molecule has 0 fully saturated rings. The second-order valence-electron chi connectivity index (χ2n) is 3.06. The summed E-state index contributed by atoms with van der Waals surface area (Å²) in [5.74, 6) is 0. The van der Waals surface area contributed by atoms with Gasteiger partial charge in [-0.1, -0.05) is 24.3 Å². The Balaban J connectivity index is 2.30. The third kappa shape index (κ3) is 1.46. The number of aliphatic hydroxyl groups excluding tert-OH is 1. The second kappa shape index (κ2) is 3.46. The number of hydrogen-bond acceptors (Lipinski definition) is 3. The number of benzene rings is 1. The van der Waals surface area contributed by atoms with Gasteiger partial charge in [-0.3, -0.25) is 0 Å². The lowest BCUT2D eigenvalue weighted by atomic mass is 10.1. The van der Waals surface area contributed by atoms with Crippen molar-refractivity contribution in [2.75, 3.05) is 13.7 Å². The molecule has 1 N–H and O–H groups in total. The van der Waals surface area contributed by atoms with Crippen molar-refractivity contribution in [1.29, 1.82) is 0 Å². The van der Waals surface area contributed by atoms with Crippen molar-refractivity contribution in [1.82, 2.24) is 0 Å². The number of aliphatic hydroxyl groups is 1. The molecule has 0 aromatic heterocycles. The molecule has 2 rings (SSSR count). The molecule has 3 nitrogen and oxygen atoms in total. The Kier molecular flexibility index (Phi) is 2.31. The molecule has 1 aliphatic rings. The van der Waals surface area contributed by atoms with Gasteiger partial charge in [-0.05, 0) is 5.56 Å². The first-order valence-corrected chi connectivity index (χ1v) is 4.24. The fraction of sp³-hybridized carbons (Fsp3) is 0.400. The van der Waals surface area contributed by atoms with Crippen LogP contribution >= 0.6 is 0 Å². The molecule has 0 bridgehead atoms. The van der Waals surface area contributed by atoms with Gasteiger partial charge in [-0.15, -0.1) is 0 Å². The molecule has 1 aromatic carbocycles. The van der Waals surface area contributed by atoms with Crippen molar-refractivity contribution in [3.05, 3.63) is 35.4 Å². The van der Waals surface area contributed by atoms with Gasteiger partial charge in [-0.2, -0.15) is 0 Å². The first-order valence-electron chi connectivity index (χ1n) is 4.24. The van der Waals surface area contributed by atoms with Crippen LogP contribution in [-0.2, 0) is 9.47 Å². The lowest BCUT2D eigenvalue weighted by Gasteiger charge is -2.09. The first kappa shape index (κ1) is 8.69. The smallest absolute Gasteiger partial charge is 0.182 e. The molecule has 1 aromatic rings. The standard InChI is InChI=1S/C10H12O3/c1-12-6-9-7-4-2-3-5-8(7)10(11)13-9/h2-5,9-11H,6H2,1H3/t9-,10+/m1/s1. The minimum Gasteiger partial charge on any atom is -0.382 e. The average molecular weight is 180 g/mol. The topological polar surface area (TPSA) is 38.7 Å². The summed E-state index contributed by atoms with van der Waals surface area (Å²) in [7, 11) is 1.62. The van der Waals surface area contributed by atoms with E-state index in [4.69, 9.17) is 9.47 Å². The van der Waals surface area contributed by atoms with E-state index in [1.807, 2.05) is 24.3 Å². The van der Waals surface area contributed by atoms with E-state index >= 15 is 0 Å². The molecule has 2 atom stereocenters. The van der Waals surface area contributed by atoms with E-state index in [1.54, 1.807) is 7.11 Å². The van der Waals surface area contributed by atoms with Gasteiger partial charge in [0, 0.05) is 12.7 Å². The van der Waals surface area contributed by atoms with Crippen LogP contribution in [-0.4, -0.2) is 18.8 Å². The van der Waals surface area contributed by atoms with Gasteiger partial charge in [0.25, 0.3) is 0 Å². The van der Waals surface area contributed by atoms with Crippen LogP contribution in [0.3, 0.4) is 0 Å². The largest absolute Gasteiger partial charge is 0.382 e. The molecule has 70 valence electrons. The number of rotatable bonds is 2. The van der Waals surface area contributed by atoms with Gasteiger partial charge in [0.05, 0.1) is 6.61 Å². The Morgan fingerprint density at radius 2 is 2.08 bits per heavy atom. The molecule has 0 radical (unpaired) electrons. The lowest BCUT2D eigenvalue weighted by Crippen LogP contribution is -2.04. The normalized spacial score (nSPS) is 26.0. The van der Waals surface area contributed by atoms with Gasteiger partial charge in [0.1, 0.15) is 6.10 Å². The van der Waals surface area contributed by atoms with Crippen LogP contribution in [0, 0.1) is 0 Å². The average Bonchev–Trinajstić information content (AvgIpc) is 2.46. The molecule has 0 spiro atoms. The van der Waals surface area contributed by atoms with Gasteiger partial charge in [0.2, 0.25) is 0 Å². The van der Waals surface area contributed by atoms with Crippen LogP contribution in [0.25, 0.3) is 0 Å². The fourth-order valence-electron chi connectivity index (χ4n) is 1.61. The summed E-state index contributed by atoms with van der Waals surface area (Å²) in [6.07, 6.45) is -0.924. The summed E-state index contributed by atoms with van der Waals surface area (Å²) in [4.78, 5) is 0. The molecular formula is C10H12O3. The quantitative estimate of drug-likeness (QED) is 0.747. The van der Waals surface area contributed by atoms with Crippen LogP contribution in [0.2, 0.25) is 0 Å². The highest BCUT2D eigenvalue weighted by atomic mass is 16.6. The monoisotopic (exact) mass is 180 g/mol. The van der Waals surface area contributed by atoms with Crippen molar-refractivity contribution in [2.24, 2.45) is 0 Å². The van der Waals surface area contributed by atoms with E-state index in [9.17, 15) is 5.11 Å². The minimum absolute atomic E-state index is 0.129. The molecule has 0 unspecified atom stereocenters. The molecule has 1 aliphatic heterocycles. The van der Waals surface area contributed by atoms with E-state index in [0.29, 0.717) is 6.61 Å². The molecule has 0 amide bonds. The van der Waals surface area contributed by atoms with Crippen molar-refractivity contribution in [2.45, 2.75) is 12.4 Å². The predicted molar refractivity (Wildman–Crippen MR) is 47.1 cm³/mol. The maximum Gasteiger partial charge on any atom is 0.182 e. The Morgan fingerprint density at radius 1 is 1.38 bits per heavy atom. The summed E-state index contributed by atoms with van der Waals surface area (Å²) >= 11 is 0. The highest BCUT2D eigenvalue weighted by molar-refractivity contribution is 5.33. The van der Waals surface area contributed by atoms with Crippen LogP contribution in [0.5, 0.6) is 0 Å². The highest BCUT2D eigenvalue weighted by Gasteiger charge is 2.29. The van der Waals surface area contributed by atoms with Crippen molar-refractivity contribution in [3.8, 4) is 0 Å². The Hall–Kier alpha value is -0.900. The molecular weight excluding hydrogens is 168 g/mol. The maximum absolute atomic E-state index is 9.50. The predicted octanol–water partition coefficient (Wildman–Crippen LogP) is 1.40. The van der Waals surface area contributed by atoms with E-state index in [0.717, 1.165) is 11.1 Å². The van der Waals surface area contributed by atoms with E-state index in [-0.39, 0.29) is 6.10 Å². The van der Waals surface area contributed by atoms with E-state index < -0.39 is 6.29 Å². The third-order valence-corrected chi connectivity index (χ3v) is 2.22. The van der Waals surface area contributed by atoms with Crippen molar-refractivity contribution in [3.63, 3.8) is 0 Å². The Labute approximate surface area is 76.9 Å². The lowest BCUT2D eigenvalue weighted by molar-refractivity contribution is -0.134. The zero-order valence-electron chi connectivity index (χ0n) is 7.43. The molecule has 0 aliphatic carbocycles. The zero-order chi connectivity index (χ0) is 9.26.